The van der Waals surface area contributed by atoms with Gasteiger partial charge in [0.1, 0.15) is 6.04 Å². The molecule has 0 bridgehead atoms. The average molecular weight is 315 g/mol. The van der Waals surface area contributed by atoms with Crippen LogP contribution < -0.4 is 4.90 Å². The molecule has 0 aromatic rings. The first-order chi connectivity index (χ1) is 10.7. The Morgan fingerprint density at radius 2 is 1.00 bits per heavy atom. The molecular formula is C20H44NO+. The van der Waals surface area contributed by atoms with Crippen molar-refractivity contribution in [2.45, 2.75) is 109 Å². The fourth-order valence-corrected chi connectivity index (χ4v) is 3.15. The first-order valence-electron chi connectivity index (χ1n) is 10.1. The largest absolute Gasteiger partial charge is 0.390 e. The van der Waals surface area contributed by atoms with Gasteiger partial charge in [0.25, 0.3) is 0 Å². The van der Waals surface area contributed by atoms with Crippen molar-refractivity contribution >= 4 is 0 Å². The van der Waals surface area contributed by atoms with E-state index in [4.69, 9.17) is 0 Å². The number of hydrogen-bond donors (Lipinski definition) is 2. The van der Waals surface area contributed by atoms with Crippen molar-refractivity contribution in [3.05, 3.63) is 0 Å². The summed E-state index contributed by atoms with van der Waals surface area (Å²) >= 11 is 0. The summed E-state index contributed by atoms with van der Waals surface area (Å²) in [6.07, 6.45) is 21.0. The van der Waals surface area contributed by atoms with Gasteiger partial charge in [-0.1, -0.05) is 90.4 Å². The second-order valence-electron chi connectivity index (χ2n) is 7.34. The molecule has 0 saturated carbocycles. The predicted octanol–water partition coefficient (Wildman–Crippen LogP) is 4.36. The molecule has 22 heavy (non-hydrogen) atoms. The number of rotatable bonds is 17. The van der Waals surface area contributed by atoms with Crippen molar-refractivity contribution < 1.29 is 10.0 Å². The van der Waals surface area contributed by atoms with Gasteiger partial charge in [-0.3, -0.25) is 0 Å². The summed E-state index contributed by atoms with van der Waals surface area (Å²) in [6, 6.07) is 0.442. The highest BCUT2D eigenvalue weighted by molar-refractivity contribution is 4.54. The lowest BCUT2D eigenvalue weighted by Crippen LogP contribution is -3.10. The Labute approximate surface area is 140 Å². The Morgan fingerprint density at radius 3 is 1.32 bits per heavy atom. The molecule has 0 fully saturated rings. The Kier molecular flexibility index (Phi) is 17.2. The molecule has 2 heteroatoms. The van der Waals surface area contributed by atoms with Crippen LogP contribution in [-0.4, -0.2) is 31.9 Å². The van der Waals surface area contributed by atoms with Gasteiger partial charge >= 0.3 is 0 Å². The highest BCUT2D eigenvalue weighted by Gasteiger charge is 2.12. The monoisotopic (exact) mass is 314 g/mol. The lowest BCUT2D eigenvalue weighted by Gasteiger charge is -2.18. The summed E-state index contributed by atoms with van der Waals surface area (Å²) in [7, 11) is 4.29. The first-order valence-corrected chi connectivity index (χ1v) is 10.1. The molecule has 0 aromatic carbocycles. The van der Waals surface area contributed by atoms with Crippen LogP contribution >= 0.6 is 0 Å². The molecular weight excluding hydrogens is 270 g/mol. The number of hydrogen-bond acceptors (Lipinski definition) is 1. The standard InChI is InChI=1S/C20H43NO/c1-4-5-6-7-8-9-10-11-12-13-14-15-16-17-18-20(19-22)21(2)3/h20,22H,4-19H2,1-3H3/p+1. The number of quaternary nitrogens is 1. The Bertz CT molecular complexity index is 206. The smallest absolute Gasteiger partial charge is 0.110 e. The molecule has 2 nitrogen and oxygen atoms in total. The first kappa shape index (κ1) is 21.9. The van der Waals surface area contributed by atoms with E-state index in [-0.39, 0.29) is 0 Å². The normalized spacial score (nSPS) is 13.0. The summed E-state index contributed by atoms with van der Waals surface area (Å²) in [5, 5.41) is 9.28. The van der Waals surface area contributed by atoms with Gasteiger partial charge in [0, 0.05) is 6.42 Å². The van der Waals surface area contributed by atoms with Crippen LogP contribution in [0, 0.1) is 0 Å². The van der Waals surface area contributed by atoms with Crippen LogP contribution in [0.2, 0.25) is 0 Å². The number of likely N-dealkylation sites (N-methyl/N-ethyl adjacent to an activating group) is 1. The van der Waals surface area contributed by atoms with E-state index in [9.17, 15) is 5.11 Å². The summed E-state index contributed by atoms with van der Waals surface area (Å²) < 4.78 is 0. The number of aliphatic hydroxyl groups is 1. The molecule has 0 radical (unpaired) electrons. The van der Waals surface area contributed by atoms with E-state index >= 15 is 0 Å². The summed E-state index contributed by atoms with van der Waals surface area (Å²) in [6.45, 7) is 2.62. The second kappa shape index (κ2) is 17.3. The van der Waals surface area contributed by atoms with Crippen LogP contribution in [0.3, 0.4) is 0 Å². The van der Waals surface area contributed by atoms with Crippen molar-refractivity contribution in [3.63, 3.8) is 0 Å². The van der Waals surface area contributed by atoms with Crippen molar-refractivity contribution in [1.82, 2.24) is 0 Å². The highest BCUT2D eigenvalue weighted by Crippen LogP contribution is 2.13. The van der Waals surface area contributed by atoms with Crippen molar-refractivity contribution in [2.75, 3.05) is 20.7 Å². The molecule has 0 spiro atoms. The zero-order valence-electron chi connectivity index (χ0n) is 15.8. The minimum Gasteiger partial charge on any atom is -0.390 e. The van der Waals surface area contributed by atoms with Crippen molar-refractivity contribution in [3.8, 4) is 0 Å². The molecule has 0 saturated heterocycles. The minimum absolute atomic E-state index is 0.334. The third-order valence-electron chi connectivity index (χ3n) is 4.94. The predicted molar refractivity (Wildman–Crippen MR) is 98.6 cm³/mol. The van der Waals surface area contributed by atoms with E-state index in [0.717, 1.165) is 0 Å². The van der Waals surface area contributed by atoms with E-state index in [1.807, 2.05) is 0 Å². The van der Waals surface area contributed by atoms with Gasteiger partial charge in [0.2, 0.25) is 0 Å². The van der Waals surface area contributed by atoms with Crippen molar-refractivity contribution in [2.24, 2.45) is 0 Å². The molecule has 1 atom stereocenters. The third-order valence-corrected chi connectivity index (χ3v) is 4.94. The Morgan fingerprint density at radius 1 is 0.636 bits per heavy atom. The van der Waals surface area contributed by atoms with E-state index in [1.54, 1.807) is 0 Å². The molecule has 1 unspecified atom stereocenters. The highest BCUT2D eigenvalue weighted by atomic mass is 16.3. The summed E-state index contributed by atoms with van der Waals surface area (Å²) in [4.78, 5) is 1.39. The maximum Gasteiger partial charge on any atom is 0.110 e. The molecule has 0 aliphatic carbocycles. The number of aliphatic hydroxyl groups excluding tert-OH is 1. The summed E-state index contributed by atoms with van der Waals surface area (Å²) in [5.74, 6) is 0. The molecule has 0 aliphatic rings. The maximum absolute atomic E-state index is 9.28. The van der Waals surface area contributed by atoms with Crippen LogP contribution in [0.1, 0.15) is 103 Å². The SMILES string of the molecule is CCCCCCCCCCCCCCCCC(CO)[NH+](C)C. The van der Waals surface area contributed by atoms with Crippen LogP contribution in [0.15, 0.2) is 0 Å². The molecule has 0 rings (SSSR count). The third kappa shape index (κ3) is 14.8. The van der Waals surface area contributed by atoms with Gasteiger partial charge in [0.15, 0.2) is 0 Å². The molecule has 0 amide bonds. The fraction of sp³-hybridized carbons (Fsp3) is 1.00. The van der Waals surface area contributed by atoms with E-state index in [1.165, 1.54) is 101 Å². The molecule has 0 heterocycles. The minimum atomic E-state index is 0.334. The van der Waals surface area contributed by atoms with Crippen LogP contribution in [0.4, 0.5) is 0 Å². The number of nitrogens with one attached hydrogen (secondary N) is 1. The van der Waals surface area contributed by atoms with Gasteiger partial charge in [-0.25, -0.2) is 0 Å². The lowest BCUT2D eigenvalue weighted by atomic mass is 10.0. The number of unbranched alkanes of at least 4 members (excludes halogenated alkanes) is 13. The quantitative estimate of drug-likeness (QED) is 0.383. The van der Waals surface area contributed by atoms with Crippen molar-refractivity contribution in [1.29, 1.82) is 0 Å². The summed E-state index contributed by atoms with van der Waals surface area (Å²) in [5.41, 5.74) is 0. The molecule has 2 N–H and O–H groups in total. The van der Waals surface area contributed by atoms with Gasteiger partial charge in [-0.2, -0.15) is 0 Å². The van der Waals surface area contributed by atoms with E-state index in [0.29, 0.717) is 12.6 Å². The maximum atomic E-state index is 9.28. The van der Waals surface area contributed by atoms with Crippen LogP contribution in [0.5, 0.6) is 0 Å². The average Bonchev–Trinajstić information content (AvgIpc) is 2.51. The lowest BCUT2D eigenvalue weighted by molar-refractivity contribution is -0.886. The molecule has 0 aromatic heterocycles. The van der Waals surface area contributed by atoms with Crippen LogP contribution in [0.25, 0.3) is 0 Å². The van der Waals surface area contributed by atoms with E-state index in [2.05, 4.69) is 21.0 Å². The Balaban J connectivity index is 3.11. The second-order valence-corrected chi connectivity index (χ2v) is 7.34. The Hall–Kier alpha value is -0.0800. The molecule has 134 valence electrons. The zero-order chi connectivity index (χ0) is 16.5. The van der Waals surface area contributed by atoms with Gasteiger partial charge in [-0.05, 0) is 6.42 Å². The van der Waals surface area contributed by atoms with Gasteiger partial charge in [0.05, 0.1) is 20.7 Å². The topological polar surface area (TPSA) is 24.7 Å². The fourth-order valence-electron chi connectivity index (χ4n) is 3.15. The zero-order valence-corrected chi connectivity index (χ0v) is 15.8. The van der Waals surface area contributed by atoms with Gasteiger partial charge < -0.3 is 10.0 Å². The van der Waals surface area contributed by atoms with Gasteiger partial charge in [-0.15, -0.1) is 0 Å². The molecule has 0 aliphatic heterocycles. The van der Waals surface area contributed by atoms with E-state index < -0.39 is 0 Å². The van der Waals surface area contributed by atoms with Crippen LogP contribution in [-0.2, 0) is 0 Å².